The Kier molecular flexibility index (Phi) is 4.79. The Morgan fingerprint density at radius 2 is 1.82 bits per heavy atom. The molecule has 11 heavy (non-hydrogen) atoms. The Balaban J connectivity index is 3.44. The summed E-state index contributed by atoms with van der Waals surface area (Å²) in [7, 11) is 0. The van der Waals surface area contributed by atoms with Gasteiger partial charge < -0.3 is 6.42 Å². The summed E-state index contributed by atoms with van der Waals surface area (Å²) in [5.74, 6) is 0.838. The van der Waals surface area contributed by atoms with Gasteiger partial charge in [0.25, 0.3) is 0 Å². The fourth-order valence-electron chi connectivity index (χ4n) is 1.00. The van der Waals surface area contributed by atoms with Crippen LogP contribution in [0, 0.1) is 17.8 Å². The molecule has 0 spiro atoms. The van der Waals surface area contributed by atoms with Gasteiger partial charge in [-0.1, -0.05) is 41.0 Å². The molecule has 0 amide bonds. The molecule has 0 rings (SSSR count). The normalized spacial score (nSPS) is 15.0. The summed E-state index contributed by atoms with van der Waals surface area (Å²) in [5, 5.41) is 0. The monoisotopic (exact) mass is 155 g/mol. The average Bonchev–Trinajstić information content (AvgIpc) is 1.86. The summed E-state index contributed by atoms with van der Waals surface area (Å²) in [6.45, 7) is 11.5. The third-order valence-electron chi connectivity index (χ3n) is 2.57. The number of hydrogen-bond donors (Lipinski definition) is 0. The van der Waals surface area contributed by atoms with Gasteiger partial charge in [-0.15, -0.1) is 0 Å². The van der Waals surface area contributed by atoms with Crippen LogP contribution >= 0.6 is 0 Å². The second-order valence-corrected chi connectivity index (χ2v) is 4.54. The molecular formula is C11H23-. The molecule has 0 fully saturated rings. The first-order valence-electron chi connectivity index (χ1n) is 4.80. The first-order chi connectivity index (χ1) is 4.98. The topological polar surface area (TPSA) is 0 Å². The molecule has 0 bridgehead atoms. The van der Waals surface area contributed by atoms with E-state index in [4.69, 9.17) is 0 Å². The number of rotatable bonds is 4. The highest BCUT2D eigenvalue weighted by atomic mass is 14.2. The van der Waals surface area contributed by atoms with Crippen molar-refractivity contribution >= 4 is 0 Å². The van der Waals surface area contributed by atoms with E-state index < -0.39 is 0 Å². The van der Waals surface area contributed by atoms with Gasteiger partial charge >= 0.3 is 0 Å². The fraction of sp³-hybridized carbons (Fsp3) is 0.909. The van der Waals surface area contributed by atoms with Crippen molar-refractivity contribution in [3.63, 3.8) is 0 Å². The van der Waals surface area contributed by atoms with E-state index in [2.05, 4.69) is 41.0 Å². The maximum absolute atomic E-state index is 2.38. The molecule has 0 aliphatic heterocycles. The van der Waals surface area contributed by atoms with E-state index in [-0.39, 0.29) is 0 Å². The van der Waals surface area contributed by atoms with E-state index in [9.17, 15) is 0 Å². The molecule has 0 heterocycles. The quantitative estimate of drug-likeness (QED) is 0.424. The molecule has 0 N–H and O–H groups in total. The van der Waals surface area contributed by atoms with E-state index >= 15 is 0 Å². The van der Waals surface area contributed by atoms with Gasteiger partial charge in [0.15, 0.2) is 0 Å². The van der Waals surface area contributed by atoms with E-state index in [0.29, 0.717) is 5.41 Å². The largest absolute Gasteiger partial charge is 0.329 e. The minimum Gasteiger partial charge on any atom is -0.329 e. The van der Waals surface area contributed by atoms with Gasteiger partial charge in [0.2, 0.25) is 0 Å². The Labute approximate surface area is 72.4 Å². The Bertz CT molecular complexity index is 86.7. The maximum Gasteiger partial charge on any atom is -0.0358 e. The lowest BCUT2D eigenvalue weighted by atomic mass is 9.79. The van der Waals surface area contributed by atoms with Gasteiger partial charge in [0.05, 0.1) is 0 Å². The van der Waals surface area contributed by atoms with Crippen LogP contribution in [0.15, 0.2) is 0 Å². The second-order valence-electron chi connectivity index (χ2n) is 4.54. The van der Waals surface area contributed by atoms with Gasteiger partial charge in [-0.2, -0.15) is 12.8 Å². The van der Waals surface area contributed by atoms with E-state index in [1.807, 2.05) is 0 Å². The van der Waals surface area contributed by atoms with Crippen molar-refractivity contribution in [3.05, 3.63) is 6.42 Å². The van der Waals surface area contributed by atoms with Crippen molar-refractivity contribution in [3.8, 4) is 0 Å². The summed E-state index contributed by atoms with van der Waals surface area (Å²) < 4.78 is 0. The Morgan fingerprint density at radius 1 is 1.27 bits per heavy atom. The van der Waals surface area contributed by atoms with Crippen LogP contribution in [-0.4, -0.2) is 0 Å². The summed E-state index contributed by atoms with van der Waals surface area (Å²) in [4.78, 5) is 0. The molecule has 0 saturated carbocycles. The summed E-state index contributed by atoms with van der Waals surface area (Å²) in [5.41, 5.74) is 0.488. The molecule has 0 aromatic carbocycles. The van der Waals surface area contributed by atoms with Gasteiger partial charge in [0.1, 0.15) is 0 Å². The summed E-state index contributed by atoms with van der Waals surface area (Å²) in [6, 6.07) is 0. The molecule has 0 heteroatoms. The smallest absolute Gasteiger partial charge is 0.0358 e. The predicted molar refractivity (Wildman–Crippen MR) is 52.4 cm³/mol. The Hall–Kier alpha value is 0. The molecule has 0 aliphatic carbocycles. The number of unbranched alkanes of at least 4 members (excludes halogenated alkanes) is 2. The molecule has 1 atom stereocenters. The van der Waals surface area contributed by atoms with Crippen molar-refractivity contribution in [2.45, 2.75) is 53.9 Å². The minimum absolute atomic E-state index is 0.488. The van der Waals surface area contributed by atoms with E-state index in [1.165, 1.54) is 19.3 Å². The first-order valence-corrected chi connectivity index (χ1v) is 4.80. The zero-order valence-electron chi connectivity index (χ0n) is 8.78. The van der Waals surface area contributed by atoms with Gasteiger partial charge in [0, 0.05) is 0 Å². The SMILES string of the molecule is CC[CH-]CCC(C)C(C)(C)C. The lowest BCUT2D eigenvalue weighted by molar-refractivity contribution is 0.246. The zero-order chi connectivity index (χ0) is 8.91. The fourth-order valence-corrected chi connectivity index (χ4v) is 1.00. The molecule has 0 saturated heterocycles. The third kappa shape index (κ3) is 5.29. The standard InChI is InChI=1S/C11H23/c1-6-7-8-9-10(2)11(3,4)5/h7,10H,6,8-9H2,1-5H3/q-1. The average molecular weight is 155 g/mol. The van der Waals surface area contributed by atoms with Gasteiger partial charge in [-0.25, -0.2) is 0 Å². The molecule has 0 nitrogen and oxygen atoms in total. The van der Waals surface area contributed by atoms with Crippen molar-refractivity contribution < 1.29 is 0 Å². The van der Waals surface area contributed by atoms with Crippen LogP contribution in [0.1, 0.15) is 53.9 Å². The van der Waals surface area contributed by atoms with E-state index in [1.54, 1.807) is 0 Å². The predicted octanol–water partition coefficient (Wildman–Crippen LogP) is 4.06. The lowest BCUT2D eigenvalue weighted by Crippen LogP contribution is -2.16. The molecule has 68 valence electrons. The second kappa shape index (κ2) is 4.79. The van der Waals surface area contributed by atoms with Crippen LogP contribution in [0.4, 0.5) is 0 Å². The van der Waals surface area contributed by atoms with Gasteiger partial charge in [-0.05, 0) is 11.3 Å². The molecular weight excluding hydrogens is 132 g/mol. The lowest BCUT2D eigenvalue weighted by Gasteiger charge is -2.28. The van der Waals surface area contributed by atoms with Crippen LogP contribution < -0.4 is 0 Å². The van der Waals surface area contributed by atoms with Crippen LogP contribution in [0.3, 0.4) is 0 Å². The number of hydrogen-bond acceptors (Lipinski definition) is 0. The highest BCUT2D eigenvalue weighted by Gasteiger charge is 2.17. The van der Waals surface area contributed by atoms with Crippen LogP contribution in [0.2, 0.25) is 0 Å². The maximum atomic E-state index is 2.38. The molecule has 0 radical (unpaired) electrons. The highest BCUT2D eigenvalue weighted by Crippen LogP contribution is 2.29. The summed E-state index contributed by atoms with van der Waals surface area (Å²) in [6.07, 6.45) is 6.23. The van der Waals surface area contributed by atoms with Crippen LogP contribution in [0.5, 0.6) is 0 Å². The van der Waals surface area contributed by atoms with Crippen molar-refractivity contribution in [2.24, 2.45) is 11.3 Å². The summed E-state index contributed by atoms with van der Waals surface area (Å²) >= 11 is 0. The van der Waals surface area contributed by atoms with Crippen LogP contribution in [0.25, 0.3) is 0 Å². The van der Waals surface area contributed by atoms with Crippen LogP contribution in [-0.2, 0) is 0 Å². The molecule has 0 aromatic rings. The highest BCUT2D eigenvalue weighted by molar-refractivity contribution is 4.72. The van der Waals surface area contributed by atoms with Crippen molar-refractivity contribution in [2.75, 3.05) is 0 Å². The zero-order valence-corrected chi connectivity index (χ0v) is 8.78. The minimum atomic E-state index is 0.488. The third-order valence-corrected chi connectivity index (χ3v) is 2.57. The van der Waals surface area contributed by atoms with Crippen molar-refractivity contribution in [1.82, 2.24) is 0 Å². The van der Waals surface area contributed by atoms with E-state index in [0.717, 1.165) is 5.92 Å². The van der Waals surface area contributed by atoms with Crippen molar-refractivity contribution in [1.29, 1.82) is 0 Å². The first kappa shape index (κ1) is 11.0. The Morgan fingerprint density at radius 3 is 2.18 bits per heavy atom. The molecule has 1 unspecified atom stereocenters. The molecule has 0 aromatic heterocycles. The van der Waals surface area contributed by atoms with Gasteiger partial charge in [-0.3, -0.25) is 0 Å². The molecule has 0 aliphatic rings.